The Kier molecular flexibility index (Phi) is 4.53. The Balaban J connectivity index is 1.88. The first-order valence-electron chi connectivity index (χ1n) is 7.34. The first-order valence-corrected chi connectivity index (χ1v) is 8.92. The van der Waals surface area contributed by atoms with Gasteiger partial charge >= 0.3 is 7.52 Å². The number of carbonyl (C=O) groups excluding carboxylic acids is 1. The minimum absolute atomic E-state index is 0.362. The lowest BCUT2D eigenvalue weighted by Gasteiger charge is -2.33. The molecule has 2 aromatic rings. The molecule has 0 aliphatic carbocycles. The SMILES string of the molecule is O=C(c1ccccc1)P1(=O)OCCCN1Cc1ccccc1. The lowest BCUT2D eigenvalue weighted by atomic mass is 10.2. The summed E-state index contributed by atoms with van der Waals surface area (Å²) in [4.78, 5) is 12.7. The molecule has 1 heterocycles. The number of hydrogen-bond donors (Lipinski definition) is 0. The summed E-state index contributed by atoms with van der Waals surface area (Å²) in [5.41, 5.74) is 1.05. The molecular formula is C17H18NO3P. The van der Waals surface area contributed by atoms with Crippen LogP contribution in [0.1, 0.15) is 22.3 Å². The zero-order valence-electron chi connectivity index (χ0n) is 12.2. The Bertz CT molecular complexity index is 688. The molecule has 0 amide bonds. The van der Waals surface area contributed by atoms with Crippen molar-refractivity contribution in [2.45, 2.75) is 13.0 Å². The van der Waals surface area contributed by atoms with Crippen LogP contribution in [0, 0.1) is 0 Å². The standard InChI is InChI=1S/C17H18NO3P/c19-17(16-10-5-2-6-11-16)22(20)18(12-7-13-21-22)14-15-8-3-1-4-9-15/h1-6,8-11H,7,12-14H2. The van der Waals surface area contributed by atoms with Crippen LogP contribution in [0.25, 0.3) is 0 Å². The van der Waals surface area contributed by atoms with Crippen LogP contribution in [0.5, 0.6) is 0 Å². The summed E-state index contributed by atoms with van der Waals surface area (Å²) in [5.74, 6) is 0. The fourth-order valence-electron chi connectivity index (χ4n) is 2.55. The van der Waals surface area contributed by atoms with Crippen LogP contribution >= 0.6 is 7.52 Å². The lowest BCUT2D eigenvalue weighted by molar-refractivity contribution is 0.100. The van der Waals surface area contributed by atoms with Gasteiger partial charge in [0.15, 0.2) is 0 Å². The molecule has 1 aliphatic heterocycles. The molecule has 1 fully saturated rings. The van der Waals surface area contributed by atoms with Crippen LogP contribution in [0.4, 0.5) is 0 Å². The first kappa shape index (κ1) is 15.2. The molecule has 0 radical (unpaired) electrons. The second kappa shape index (κ2) is 6.57. The van der Waals surface area contributed by atoms with Gasteiger partial charge in [-0.1, -0.05) is 60.7 Å². The van der Waals surface area contributed by atoms with Crippen molar-refractivity contribution >= 4 is 13.0 Å². The van der Waals surface area contributed by atoms with Crippen molar-refractivity contribution in [2.24, 2.45) is 0 Å². The highest BCUT2D eigenvalue weighted by Gasteiger charge is 2.42. The molecule has 2 aromatic carbocycles. The largest absolute Gasteiger partial charge is 0.342 e. The fraction of sp³-hybridized carbons (Fsp3) is 0.235. The molecule has 3 rings (SSSR count). The maximum Gasteiger partial charge on any atom is 0.342 e. The Morgan fingerprint density at radius 1 is 1.05 bits per heavy atom. The van der Waals surface area contributed by atoms with Crippen molar-refractivity contribution < 1.29 is 13.9 Å². The van der Waals surface area contributed by atoms with Crippen molar-refractivity contribution in [2.75, 3.05) is 13.2 Å². The van der Waals surface area contributed by atoms with Gasteiger partial charge in [-0.05, 0) is 12.0 Å². The van der Waals surface area contributed by atoms with Crippen molar-refractivity contribution in [3.63, 3.8) is 0 Å². The van der Waals surface area contributed by atoms with Crippen LogP contribution < -0.4 is 0 Å². The van der Waals surface area contributed by atoms with Crippen LogP contribution in [0.2, 0.25) is 0 Å². The zero-order valence-corrected chi connectivity index (χ0v) is 13.1. The monoisotopic (exact) mass is 315 g/mol. The third-order valence-electron chi connectivity index (χ3n) is 3.68. The van der Waals surface area contributed by atoms with E-state index in [1.807, 2.05) is 36.4 Å². The highest BCUT2D eigenvalue weighted by molar-refractivity contribution is 7.74. The van der Waals surface area contributed by atoms with Gasteiger partial charge in [-0.3, -0.25) is 9.36 Å². The zero-order chi connectivity index (χ0) is 15.4. The average molecular weight is 315 g/mol. The van der Waals surface area contributed by atoms with E-state index in [-0.39, 0.29) is 0 Å². The summed E-state index contributed by atoms with van der Waals surface area (Å²) in [6.07, 6.45) is 0.777. The lowest BCUT2D eigenvalue weighted by Crippen LogP contribution is -2.31. The second-order valence-electron chi connectivity index (χ2n) is 5.25. The normalized spacial score (nSPS) is 22.4. The maximum atomic E-state index is 13.2. The molecule has 1 saturated heterocycles. The average Bonchev–Trinajstić information content (AvgIpc) is 2.58. The minimum Gasteiger partial charge on any atom is -0.312 e. The highest BCUT2D eigenvalue weighted by atomic mass is 31.2. The Morgan fingerprint density at radius 2 is 1.68 bits per heavy atom. The molecular weight excluding hydrogens is 297 g/mol. The number of hydrogen-bond acceptors (Lipinski definition) is 3. The minimum atomic E-state index is -3.51. The van der Waals surface area contributed by atoms with Gasteiger partial charge in [0.25, 0.3) is 5.52 Å². The molecule has 5 heteroatoms. The summed E-state index contributed by atoms with van der Waals surface area (Å²) >= 11 is 0. The van der Waals surface area contributed by atoms with Crippen LogP contribution in [0.15, 0.2) is 60.7 Å². The third kappa shape index (κ3) is 3.05. The number of rotatable bonds is 4. The predicted octanol–water partition coefficient (Wildman–Crippen LogP) is 3.94. The summed E-state index contributed by atoms with van der Waals surface area (Å²) < 4.78 is 20.4. The van der Waals surface area contributed by atoms with Gasteiger partial charge in [-0.15, -0.1) is 0 Å². The summed E-state index contributed by atoms with van der Waals surface area (Å²) in [6.45, 7) is 1.42. The van der Waals surface area contributed by atoms with Gasteiger partial charge in [-0.2, -0.15) is 0 Å². The Morgan fingerprint density at radius 3 is 2.36 bits per heavy atom. The van der Waals surface area contributed by atoms with Crippen LogP contribution in [-0.4, -0.2) is 23.3 Å². The van der Waals surface area contributed by atoms with E-state index >= 15 is 0 Å². The van der Waals surface area contributed by atoms with Gasteiger partial charge in [0.05, 0.1) is 6.61 Å². The molecule has 0 saturated carbocycles. The summed E-state index contributed by atoms with van der Waals surface area (Å²) in [5, 5.41) is 0. The molecule has 0 N–H and O–H groups in total. The van der Waals surface area contributed by atoms with Gasteiger partial charge < -0.3 is 4.52 Å². The van der Waals surface area contributed by atoms with E-state index in [0.717, 1.165) is 12.0 Å². The van der Waals surface area contributed by atoms with Crippen molar-refractivity contribution in [3.8, 4) is 0 Å². The van der Waals surface area contributed by atoms with Gasteiger partial charge in [0.2, 0.25) is 0 Å². The van der Waals surface area contributed by atoms with E-state index in [1.165, 1.54) is 0 Å². The summed E-state index contributed by atoms with van der Waals surface area (Å²) in [6, 6.07) is 18.5. The topological polar surface area (TPSA) is 46.6 Å². The molecule has 114 valence electrons. The molecule has 1 unspecified atom stereocenters. The molecule has 0 aromatic heterocycles. The molecule has 4 nitrogen and oxygen atoms in total. The van der Waals surface area contributed by atoms with E-state index in [1.54, 1.807) is 28.9 Å². The van der Waals surface area contributed by atoms with E-state index in [9.17, 15) is 9.36 Å². The van der Waals surface area contributed by atoms with Gasteiger partial charge in [0.1, 0.15) is 0 Å². The molecule has 1 aliphatic rings. The Labute approximate surface area is 130 Å². The first-order chi connectivity index (χ1) is 10.7. The van der Waals surface area contributed by atoms with E-state index in [4.69, 9.17) is 4.52 Å². The fourth-order valence-corrected chi connectivity index (χ4v) is 4.69. The third-order valence-corrected chi connectivity index (χ3v) is 6.07. The van der Waals surface area contributed by atoms with E-state index in [2.05, 4.69) is 0 Å². The van der Waals surface area contributed by atoms with Crippen LogP contribution in [-0.2, 0) is 15.6 Å². The van der Waals surface area contributed by atoms with Crippen molar-refractivity contribution in [3.05, 3.63) is 71.8 Å². The predicted molar refractivity (Wildman–Crippen MR) is 85.8 cm³/mol. The van der Waals surface area contributed by atoms with Crippen LogP contribution in [0.3, 0.4) is 0 Å². The number of benzene rings is 2. The molecule has 0 spiro atoms. The highest BCUT2D eigenvalue weighted by Crippen LogP contribution is 2.56. The Hall–Kier alpha value is -1.74. The van der Waals surface area contributed by atoms with E-state index in [0.29, 0.717) is 25.3 Å². The van der Waals surface area contributed by atoms with E-state index < -0.39 is 13.0 Å². The second-order valence-corrected chi connectivity index (χ2v) is 7.52. The van der Waals surface area contributed by atoms with Crippen molar-refractivity contribution in [1.29, 1.82) is 0 Å². The van der Waals surface area contributed by atoms with Crippen molar-refractivity contribution in [1.82, 2.24) is 4.67 Å². The maximum absolute atomic E-state index is 13.2. The molecule has 22 heavy (non-hydrogen) atoms. The number of carbonyl (C=O) groups is 1. The van der Waals surface area contributed by atoms with Gasteiger partial charge in [0, 0.05) is 18.7 Å². The smallest absolute Gasteiger partial charge is 0.312 e. The molecule has 1 atom stereocenters. The number of nitrogens with zero attached hydrogens (tertiary/aromatic N) is 1. The summed E-state index contributed by atoms with van der Waals surface area (Å²) in [7, 11) is -3.51. The van der Waals surface area contributed by atoms with Gasteiger partial charge in [-0.25, -0.2) is 4.67 Å². The molecule has 0 bridgehead atoms. The quantitative estimate of drug-likeness (QED) is 0.802.